The topological polar surface area (TPSA) is 124 Å². The van der Waals surface area contributed by atoms with Crippen molar-refractivity contribution in [3.63, 3.8) is 0 Å². The first-order valence-corrected chi connectivity index (χ1v) is 12.4. The van der Waals surface area contributed by atoms with E-state index in [2.05, 4.69) is 15.0 Å². The molecule has 3 rings (SSSR count). The Morgan fingerprint density at radius 2 is 1.86 bits per heavy atom. The lowest BCUT2D eigenvalue weighted by Gasteiger charge is -2.20. The van der Waals surface area contributed by atoms with Crippen LogP contribution in [-0.2, 0) is 16.2 Å². The number of hydrogen-bond acceptors (Lipinski definition) is 7. The summed E-state index contributed by atoms with van der Waals surface area (Å²) >= 11 is 0. The Morgan fingerprint density at radius 1 is 1.22 bits per heavy atom. The zero-order valence-corrected chi connectivity index (χ0v) is 21.3. The van der Waals surface area contributed by atoms with Gasteiger partial charge in [0.2, 0.25) is 0 Å². The molecule has 0 bridgehead atoms. The van der Waals surface area contributed by atoms with Crippen molar-refractivity contribution < 1.29 is 35.9 Å². The third-order valence-electron chi connectivity index (χ3n) is 5.52. The average Bonchev–Trinajstić information content (AvgIpc) is 3.22. The second kappa shape index (κ2) is 9.52. The fraction of sp³-hybridized carbons (Fsp3) is 0.391. The molecule has 0 unspecified atom stereocenters. The van der Waals surface area contributed by atoms with Gasteiger partial charge in [-0.05, 0) is 43.5 Å². The van der Waals surface area contributed by atoms with Gasteiger partial charge in [0.15, 0.2) is 11.6 Å². The molecule has 9 nitrogen and oxygen atoms in total. The summed E-state index contributed by atoms with van der Waals surface area (Å²) in [4.78, 5) is 17.9. The van der Waals surface area contributed by atoms with Crippen LogP contribution >= 0.6 is 0 Å². The molecule has 0 radical (unpaired) electrons. The van der Waals surface area contributed by atoms with E-state index in [0.717, 1.165) is 21.9 Å². The Labute approximate surface area is 206 Å². The molecule has 3 N–H and O–H groups in total. The summed E-state index contributed by atoms with van der Waals surface area (Å²) in [7, 11) is -1.49. The first-order chi connectivity index (χ1) is 16.5. The third kappa shape index (κ3) is 5.50. The van der Waals surface area contributed by atoms with E-state index < -0.39 is 45.0 Å². The molecule has 1 aliphatic heterocycles. The highest BCUT2D eigenvalue weighted by atomic mass is 32.2. The minimum absolute atomic E-state index is 0.113. The second-order valence-electron chi connectivity index (χ2n) is 8.94. The molecule has 13 heteroatoms. The molecule has 0 spiro atoms. The number of aryl methyl sites for hydroxylation is 2. The number of alkyl halides is 3. The van der Waals surface area contributed by atoms with Crippen LogP contribution in [0.1, 0.15) is 52.9 Å². The van der Waals surface area contributed by atoms with E-state index in [4.69, 9.17) is 4.42 Å². The lowest BCUT2D eigenvalue weighted by Crippen LogP contribution is -2.27. The number of amidine groups is 1. The maximum Gasteiger partial charge on any atom is 0.417 e. The van der Waals surface area contributed by atoms with Gasteiger partial charge in [-0.25, -0.2) is 8.42 Å². The lowest BCUT2D eigenvalue weighted by atomic mass is 10.0. The molecule has 0 saturated carbocycles. The van der Waals surface area contributed by atoms with Gasteiger partial charge in [-0.2, -0.15) is 13.2 Å². The molecule has 2 aromatic rings. The van der Waals surface area contributed by atoms with Crippen LogP contribution in [0.25, 0.3) is 0 Å². The number of sulfonamides is 1. The molecule has 36 heavy (non-hydrogen) atoms. The van der Waals surface area contributed by atoms with Crippen molar-refractivity contribution in [1.29, 1.82) is 0 Å². The van der Waals surface area contributed by atoms with E-state index >= 15 is 0 Å². The molecule has 1 aromatic heterocycles. The third-order valence-corrected chi connectivity index (χ3v) is 6.54. The number of amides is 1. The number of furan rings is 1. The molecule has 1 aromatic carbocycles. The maximum atomic E-state index is 13.5. The summed E-state index contributed by atoms with van der Waals surface area (Å²) in [5, 5.41) is 14.1. The zero-order valence-electron chi connectivity index (χ0n) is 20.5. The number of carbonyl (C=O) groups excluding carboxylic acids is 1. The zero-order chi connectivity index (χ0) is 27.2. The summed E-state index contributed by atoms with van der Waals surface area (Å²) in [6.07, 6.45) is -4.91. The van der Waals surface area contributed by atoms with Gasteiger partial charge in [0.05, 0.1) is 27.9 Å². The van der Waals surface area contributed by atoms with E-state index in [1.165, 1.54) is 14.1 Å². The van der Waals surface area contributed by atoms with Gasteiger partial charge in [0.1, 0.15) is 17.6 Å². The number of nitrogens with one attached hydrogen (secondary N) is 2. The number of phenolic OH excluding ortho intramolecular Hbond substituents is 1. The van der Waals surface area contributed by atoms with E-state index in [1.807, 2.05) is 20.8 Å². The van der Waals surface area contributed by atoms with Crippen molar-refractivity contribution >= 4 is 27.5 Å². The van der Waals surface area contributed by atoms with Crippen molar-refractivity contribution in [3.8, 4) is 5.75 Å². The number of anilines is 1. The standard InChI is InChI=1S/C23H27F3N4O5S/c1-11(2)19(17-9-12(3)13(4)35-17)28-21-16(10-36(33,34)29-21)27-15-8-7-14(23(24,25)26)18(20(15)31)22(32)30(5)6/h7-11,19,27,31H,1-6H3,(H,28,29)/t19-/m1/s1. The molecule has 2 heterocycles. The van der Waals surface area contributed by atoms with Gasteiger partial charge < -0.3 is 19.7 Å². The van der Waals surface area contributed by atoms with Crippen LogP contribution in [0.15, 0.2) is 38.7 Å². The fourth-order valence-electron chi connectivity index (χ4n) is 3.56. The highest BCUT2D eigenvalue weighted by Gasteiger charge is 2.38. The number of aliphatic imine (C=N–C) groups is 1. The van der Waals surface area contributed by atoms with Crippen molar-refractivity contribution in [2.24, 2.45) is 10.9 Å². The Balaban J connectivity index is 2.09. The van der Waals surface area contributed by atoms with Crippen molar-refractivity contribution in [3.05, 3.63) is 57.5 Å². The van der Waals surface area contributed by atoms with Crippen LogP contribution in [0.5, 0.6) is 5.75 Å². The van der Waals surface area contributed by atoms with Crippen molar-refractivity contribution in [1.82, 2.24) is 9.62 Å². The summed E-state index contributed by atoms with van der Waals surface area (Å²) in [6.45, 7) is 7.37. The molecular formula is C23H27F3N4O5S. The highest BCUT2D eigenvalue weighted by Crippen LogP contribution is 2.40. The van der Waals surface area contributed by atoms with Crippen molar-refractivity contribution in [2.75, 3.05) is 19.4 Å². The quantitative estimate of drug-likeness (QED) is 0.480. The van der Waals surface area contributed by atoms with E-state index in [9.17, 15) is 31.5 Å². The molecule has 1 amide bonds. The summed E-state index contributed by atoms with van der Waals surface area (Å²) in [5.41, 5.74) is -1.83. The van der Waals surface area contributed by atoms with E-state index in [-0.39, 0.29) is 23.1 Å². The van der Waals surface area contributed by atoms with E-state index in [0.29, 0.717) is 17.6 Å². The molecule has 1 aliphatic rings. The predicted molar refractivity (Wildman–Crippen MR) is 128 cm³/mol. The number of phenols is 1. The Kier molecular flexibility index (Phi) is 7.17. The number of nitrogens with zero attached hydrogens (tertiary/aromatic N) is 2. The second-order valence-corrected chi connectivity index (χ2v) is 10.5. The number of aromatic hydroxyl groups is 1. The van der Waals surface area contributed by atoms with Crippen LogP contribution in [0.3, 0.4) is 0 Å². The summed E-state index contributed by atoms with van der Waals surface area (Å²) in [6, 6.07) is 2.75. The predicted octanol–water partition coefficient (Wildman–Crippen LogP) is 4.30. The number of rotatable bonds is 6. The van der Waals surface area contributed by atoms with E-state index in [1.54, 1.807) is 13.0 Å². The van der Waals surface area contributed by atoms with Crippen LogP contribution in [0.4, 0.5) is 18.9 Å². The number of benzene rings is 1. The van der Waals surface area contributed by atoms with Crippen LogP contribution in [-0.4, -0.2) is 44.3 Å². The normalized spacial score (nSPS) is 17.2. The maximum absolute atomic E-state index is 13.5. The SMILES string of the molecule is Cc1cc([C@H](N=C2NS(=O)(=O)C=C2Nc2ccc(C(F)(F)F)c(C(=O)N(C)C)c2O)C(C)C)oc1C. The van der Waals surface area contributed by atoms with Gasteiger partial charge in [-0.3, -0.25) is 14.5 Å². The number of halogens is 3. The molecule has 1 atom stereocenters. The lowest BCUT2D eigenvalue weighted by molar-refractivity contribution is -0.138. The Morgan fingerprint density at radius 3 is 2.36 bits per heavy atom. The first-order valence-electron chi connectivity index (χ1n) is 10.8. The van der Waals surface area contributed by atoms with Gasteiger partial charge in [0, 0.05) is 14.1 Å². The van der Waals surface area contributed by atoms with Gasteiger partial charge >= 0.3 is 6.18 Å². The molecule has 0 aliphatic carbocycles. The Bertz CT molecular complexity index is 1340. The molecule has 196 valence electrons. The largest absolute Gasteiger partial charge is 0.505 e. The van der Waals surface area contributed by atoms with Crippen LogP contribution in [0.2, 0.25) is 0 Å². The molecule has 0 saturated heterocycles. The summed E-state index contributed by atoms with van der Waals surface area (Å²) in [5.74, 6) is -1.10. The van der Waals surface area contributed by atoms with Crippen LogP contribution in [0, 0.1) is 19.8 Å². The van der Waals surface area contributed by atoms with Crippen LogP contribution < -0.4 is 10.0 Å². The average molecular weight is 529 g/mol. The fourth-order valence-corrected chi connectivity index (χ4v) is 4.53. The van der Waals surface area contributed by atoms with Gasteiger partial charge in [-0.1, -0.05) is 13.8 Å². The first kappa shape index (κ1) is 27.1. The monoisotopic (exact) mass is 528 g/mol. The minimum Gasteiger partial charge on any atom is -0.505 e. The summed E-state index contributed by atoms with van der Waals surface area (Å²) < 4.78 is 73.3. The smallest absolute Gasteiger partial charge is 0.417 e. The molecular weight excluding hydrogens is 501 g/mol. The molecule has 0 fully saturated rings. The minimum atomic E-state index is -4.91. The van der Waals surface area contributed by atoms with Gasteiger partial charge in [0.25, 0.3) is 15.9 Å². The highest BCUT2D eigenvalue weighted by molar-refractivity contribution is 7.93. The Hall–Kier alpha value is -3.48. The van der Waals surface area contributed by atoms with Crippen molar-refractivity contribution in [2.45, 2.75) is 39.9 Å². The van der Waals surface area contributed by atoms with Gasteiger partial charge in [-0.15, -0.1) is 0 Å². The number of hydrogen-bond donors (Lipinski definition) is 3. The number of carbonyl (C=O) groups is 1.